The monoisotopic (exact) mass is 586 g/mol. The standard InChI is InChI=1S/C30H38N10O3/c1-30(2,3)43-29(41)40-25-9-5-7-20(24(25)17-34-40)15-23-16-33-26-27(38-14-12-32-21(18-38)10-11-31)35-28(36-39(23)26)42-19-22-8-6-13-37(22)4/h5,7,9,16-17,21-22,32H,6,8,10,12-15,18-19H2,1-4H3/t21-,22-/m0/s1. The second-order valence-corrected chi connectivity index (χ2v) is 12.3. The van der Waals surface area contributed by atoms with Crippen molar-refractivity contribution in [3.8, 4) is 12.1 Å². The highest BCUT2D eigenvalue weighted by atomic mass is 16.6. The van der Waals surface area contributed by atoms with E-state index in [1.807, 2.05) is 49.7 Å². The Labute approximate surface area is 250 Å². The number of piperazine rings is 1. The molecule has 0 spiro atoms. The van der Waals surface area contributed by atoms with Crippen molar-refractivity contribution in [2.24, 2.45) is 0 Å². The first kappa shape index (κ1) is 28.8. The third-order valence-electron chi connectivity index (χ3n) is 8.01. The molecule has 13 heteroatoms. The normalized spacial score (nSPS) is 19.7. The van der Waals surface area contributed by atoms with E-state index in [1.54, 1.807) is 6.20 Å². The molecule has 2 aliphatic heterocycles. The zero-order valence-electron chi connectivity index (χ0n) is 25.2. The van der Waals surface area contributed by atoms with Gasteiger partial charge in [0.2, 0.25) is 0 Å². The summed E-state index contributed by atoms with van der Waals surface area (Å²) in [5.74, 6) is 0.691. The minimum atomic E-state index is -0.632. The summed E-state index contributed by atoms with van der Waals surface area (Å²) >= 11 is 0. The number of hydrogen-bond donors (Lipinski definition) is 1. The number of likely N-dealkylation sites (N-methyl/N-ethyl adjacent to an activating group) is 1. The lowest BCUT2D eigenvalue weighted by Gasteiger charge is -2.33. The molecular formula is C30H38N10O3. The van der Waals surface area contributed by atoms with E-state index in [-0.39, 0.29) is 6.04 Å². The smallest absolute Gasteiger partial charge is 0.435 e. The summed E-state index contributed by atoms with van der Waals surface area (Å²) in [6, 6.07) is 8.72. The van der Waals surface area contributed by atoms with Crippen molar-refractivity contribution < 1.29 is 14.3 Å². The predicted octanol–water partition coefficient (Wildman–Crippen LogP) is 3.01. The van der Waals surface area contributed by atoms with Crippen LogP contribution in [0, 0.1) is 11.3 Å². The number of ether oxygens (including phenoxy) is 2. The fourth-order valence-electron chi connectivity index (χ4n) is 5.82. The lowest BCUT2D eigenvalue weighted by molar-refractivity contribution is 0.0522. The molecule has 5 heterocycles. The van der Waals surface area contributed by atoms with Crippen molar-refractivity contribution in [3.63, 3.8) is 0 Å². The number of aromatic nitrogens is 6. The maximum atomic E-state index is 12.8. The fraction of sp³-hybridized carbons (Fsp3) is 0.533. The Kier molecular flexibility index (Phi) is 7.89. The number of benzene rings is 1. The Morgan fingerprint density at radius 3 is 2.86 bits per heavy atom. The molecule has 0 saturated carbocycles. The van der Waals surface area contributed by atoms with E-state index in [0.717, 1.165) is 49.1 Å². The van der Waals surface area contributed by atoms with Gasteiger partial charge in [-0.25, -0.2) is 14.3 Å². The van der Waals surface area contributed by atoms with Crippen LogP contribution in [0.25, 0.3) is 16.6 Å². The number of anilines is 1. The SMILES string of the molecule is CN1CCC[C@H]1COc1nc(N2CCN[C@@H](CC#N)C2)c2ncc(Cc3cccc4c3cnn4C(=O)OC(C)(C)C)n2n1. The minimum Gasteiger partial charge on any atom is -0.461 e. The molecule has 0 radical (unpaired) electrons. The topological polar surface area (TPSA) is 139 Å². The van der Waals surface area contributed by atoms with Crippen LogP contribution in [-0.4, -0.2) is 97.9 Å². The first-order valence-corrected chi connectivity index (χ1v) is 14.8. The van der Waals surface area contributed by atoms with Crippen molar-refractivity contribution in [1.29, 1.82) is 5.26 Å². The average molecular weight is 587 g/mol. The number of nitriles is 1. The molecule has 1 N–H and O–H groups in total. The van der Waals surface area contributed by atoms with Gasteiger partial charge in [-0.1, -0.05) is 12.1 Å². The molecule has 2 aliphatic rings. The Hall–Kier alpha value is -4.28. The maximum absolute atomic E-state index is 12.8. The van der Waals surface area contributed by atoms with Crippen LogP contribution in [0.1, 0.15) is 51.3 Å². The van der Waals surface area contributed by atoms with E-state index in [1.165, 1.54) is 4.68 Å². The zero-order chi connectivity index (χ0) is 30.1. The van der Waals surface area contributed by atoms with Crippen LogP contribution in [-0.2, 0) is 11.2 Å². The number of likely N-dealkylation sites (tertiary alicyclic amines) is 1. The van der Waals surface area contributed by atoms with Crippen LogP contribution >= 0.6 is 0 Å². The molecule has 2 saturated heterocycles. The number of hydrogen-bond acceptors (Lipinski definition) is 11. The van der Waals surface area contributed by atoms with Gasteiger partial charge in [0.05, 0.1) is 36.1 Å². The molecule has 0 amide bonds. The molecule has 13 nitrogen and oxygen atoms in total. The summed E-state index contributed by atoms with van der Waals surface area (Å²) in [6.45, 7) is 9.16. The summed E-state index contributed by atoms with van der Waals surface area (Å²) in [6.07, 6.45) is 6.13. The van der Waals surface area contributed by atoms with Crippen molar-refractivity contribution in [3.05, 3.63) is 41.9 Å². The van der Waals surface area contributed by atoms with E-state index in [4.69, 9.17) is 24.5 Å². The number of nitrogens with one attached hydrogen (secondary N) is 1. The highest BCUT2D eigenvalue weighted by molar-refractivity contribution is 5.90. The molecular weight excluding hydrogens is 548 g/mol. The fourth-order valence-corrected chi connectivity index (χ4v) is 5.82. The van der Waals surface area contributed by atoms with Gasteiger partial charge in [-0.3, -0.25) is 0 Å². The van der Waals surface area contributed by atoms with Gasteiger partial charge in [-0.2, -0.15) is 20.0 Å². The Morgan fingerprint density at radius 1 is 1.23 bits per heavy atom. The third-order valence-corrected chi connectivity index (χ3v) is 8.01. The van der Waals surface area contributed by atoms with Gasteiger partial charge >= 0.3 is 12.1 Å². The minimum absolute atomic E-state index is 0.0406. The van der Waals surface area contributed by atoms with Gasteiger partial charge < -0.3 is 24.6 Å². The Bertz CT molecular complexity index is 1670. The molecule has 43 heavy (non-hydrogen) atoms. The van der Waals surface area contributed by atoms with Crippen LogP contribution in [0.15, 0.2) is 30.6 Å². The van der Waals surface area contributed by atoms with Crippen molar-refractivity contribution in [2.75, 3.05) is 44.7 Å². The highest BCUT2D eigenvalue weighted by Gasteiger charge is 2.27. The molecule has 0 unspecified atom stereocenters. The van der Waals surface area contributed by atoms with Crippen LogP contribution < -0.4 is 15.0 Å². The summed E-state index contributed by atoms with van der Waals surface area (Å²) < 4.78 is 14.9. The first-order chi connectivity index (χ1) is 20.7. The second-order valence-electron chi connectivity index (χ2n) is 12.3. The number of carbonyl (C=O) groups is 1. The zero-order valence-corrected chi connectivity index (χ0v) is 25.2. The molecule has 2 fully saturated rings. The quantitative estimate of drug-likeness (QED) is 0.342. The number of fused-ring (bicyclic) bond motifs is 2. The number of nitrogens with zero attached hydrogens (tertiary/aromatic N) is 9. The lowest BCUT2D eigenvalue weighted by atomic mass is 10.1. The molecule has 6 rings (SSSR count). The second kappa shape index (κ2) is 11.8. The summed E-state index contributed by atoms with van der Waals surface area (Å²) in [4.78, 5) is 26.9. The first-order valence-electron chi connectivity index (χ1n) is 14.8. The molecule has 226 valence electrons. The Morgan fingerprint density at radius 2 is 2.09 bits per heavy atom. The number of rotatable bonds is 7. The lowest BCUT2D eigenvalue weighted by Crippen LogP contribution is -2.51. The number of imidazole rings is 1. The summed E-state index contributed by atoms with van der Waals surface area (Å²) in [5, 5.41) is 22.7. The molecule has 4 aromatic rings. The molecule has 2 atom stereocenters. The summed E-state index contributed by atoms with van der Waals surface area (Å²) in [5.41, 5.74) is 2.50. The van der Waals surface area contributed by atoms with E-state index in [2.05, 4.69) is 33.3 Å². The third kappa shape index (κ3) is 6.11. The molecule has 0 aliphatic carbocycles. The van der Waals surface area contributed by atoms with Gasteiger partial charge in [-0.15, -0.1) is 5.10 Å². The molecule has 1 aromatic carbocycles. The van der Waals surface area contributed by atoms with Crippen LogP contribution in [0.3, 0.4) is 0 Å². The summed E-state index contributed by atoms with van der Waals surface area (Å²) in [7, 11) is 2.12. The van der Waals surface area contributed by atoms with Crippen molar-refractivity contribution >= 4 is 28.5 Å². The van der Waals surface area contributed by atoms with Crippen molar-refractivity contribution in [2.45, 2.75) is 64.1 Å². The van der Waals surface area contributed by atoms with Gasteiger partial charge in [0, 0.05) is 43.5 Å². The molecule has 0 bridgehead atoms. The Balaban J connectivity index is 1.35. The highest BCUT2D eigenvalue weighted by Crippen LogP contribution is 2.27. The van der Waals surface area contributed by atoms with Gasteiger partial charge in [0.1, 0.15) is 12.2 Å². The predicted molar refractivity (Wildman–Crippen MR) is 160 cm³/mol. The number of carbonyl (C=O) groups excluding carboxylic acids is 1. The van der Waals surface area contributed by atoms with E-state index in [0.29, 0.717) is 55.0 Å². The van der Waals surface area contributed by atoms with Crippen molar-refractivity contribution in [1.82, 2.24) is 39.6 Å². The van der Waals surface area contributed by atoms with E-state index < -0.39 is 11.7 Å². The average Bonchev–Trinajstić information content (AvgIpc) is 3.70. The maximum Gasteiger partial charge on any atom is 0.435 e. The van der Waals surface area contributed by atoms with Crippen LogP contribution in [0.4, 0.5) is 10.6 Å². The molecule has 3 aromatic heterocycles. The van der Waals surface area contributed by atoms with E-state index >= 15 is 0 Å². The van der Waals surface area contributed by atoms with Crippen LogP contribution in [0.2, 0.25) is 0 Å². The van der Waals surface area contributed by atoms with Gasteiger partial charge in [0.25, 0.3) is 0 Å². The van der Waals surface area contributed by atoms with E-state index in [9.17, 15) is 10.1 Å². The van der Waals surface area contributed by atoms with Gasteiger partial charge in [0.15, 0.2) is 11.5 Å². The largest absolute Gasteiger partial charge is 0.461 e. The van der Waals surface area contributed by atoms with Gasteiger partial charge in [-0.05, 0) is 58.8 Å². The van der Waals surface area contributed by atoms with Crippen LogP contribution in [0.5, 0.6) is 6.01 Å².